The van der Waals surface area contributed by atoms with Crippen LogP contribution in [0.25, 0.3) is 0 Å². The largest absolute Gasteiger partial charge is 0.380 e. The number of benzene rings is 2. The maximum atomic E-state index is 6.08. The second kappa shape index (κ2) is 10.4. The molecule has 2 aromatic carbocycles. The molecular formula is C23H32O2. The highest BCUT2D eigenvalue weighted by atomic mass is 16.5. The lowest BCUT2D eigenvalue weighted by molar-refractivity contribution is -0.0593. The highest BCUT2D eigenvalue weighted by Crippen LogP contribution is 2.37. The Hall–Kier alpha value is -1.64. The molecule has 2 heteroatoms. The predicted molar refractivity (Wildman–Crippen MR) is 104 cm³/mol. The van der Waals surface area contributed by atoms with E-state index in [4.69, 9.17) is 9.47 Å². The van der Waals surface area contributed by atoms with Gasteiger partial charge in [-0.2, -0.15) is 0 Å². The third-order valence-corrected chi connectivity index (χ3v) is 4.86. The van der Waals surface area contributed by atoms with E-state index < -0.39 is 0 Å². The van der Waals surface area contributed by atoms with E-state index in [2.05, 4.69) is 38.1 Å². The van der Waals surface area contributed by atoms with Gasteiger partial charge in [-0.3, -0.25) is 0 Å². The van der Waals surface area contributed by atoms with Gasteiger partial charge in [0.05, 0.1) is 19.3 Å². The van der Waals surface area contributed by atoms with Crippen molar-refractivity contribution in [2.45, 2.75) is 58.8 Å². The molecule has 1 aliphatic rings. The summed E-state index contributed by atoms with van der Waals surface area (Å²) in [5.74, 6) is 0. The minimum atomic E-state index is 0.354. The van der Waals surface area contributed by atoms with Crippen molar-refractivity contribution in [3.8, 4) is 0 Å². The van der Waals surface area contributed by atoms with Crippen LogP contribution in [0.1, 0.15) is 50.7 Å². The first-order valence-electron chi connectivity index (χ1n) is 9.30. The predicted octanol–water partition coefficient (Wildman–Crippen LogP) is 6.01. The zero-order valence-electron chi connectivity index (χ0n) is 15.9. The Balaban J connectivity index is 0.000000212. The van der Waals surface area contributed by atoms with E-state index in [1.165, 1.54) is 36.8 Å². The van der Waals surface area contributed by atoms with Crippen LogP contribution in [0.15, 0.2) is 60.7 Å². The molecule has 0 spiro atoms. The number of hydrogen-bond acceptors (Lipinski definition) is 2. The van der Waals surface area contributed by atoms with Crippen molar-refractivity contribution in [1.29, 1.82) is 0 Å². The number of hydrogen-bond donors (Lipinski definition) is 0. The SMILES string of the molecule is CC1(C)CCCCC1OCc1ccccc1.COCc1ccccc1. The smallest absolute Gasteiger partial charge is 0.0720 e. The molecule has 0 radical (unpaired) electrons. The van der Waals surface area contributed by atoms with Crippen molar-refractivity contribution in [1.82, 2.24) is 0 Å². The normalized spacial score (nSPS) is 18.9. The summed E-state index contributed by atoms with van der Waals surface area (Å²) in [6, 6.07) is 20.6. The fourth-order valence-electron chi connectivity index (χ4n) is 3.28. The van der Waals surface area contributed by atoms with Crippen molar-refractivity contribution in [2.75, 3.05) is 7.11 Å². The van der Waals surface area contributed by atoms with Gasteiger partial charge in [0.2, 0.25) is 0 Å². The summed E-state index contributed by atoms with van der Waals surface area (Å²) in [5, 5.41) is 0. The molecule has 1 unspecified atom stereocenters. The van der Waals surface area contributed by atoms with Crippen LogP contribution in [0.2, 0.25) is 0 Å². The quantitative estimate of drug-likeness (QED) is 0.664. The molecule has 136 valence electrons. The van der Waals surface area contributed by atoms with Crippen LogP contribution < -0.4 is 0 Å². The fourth-order valence-corrected chi connectivity index (χ4v) is 3.28. The lowest BCUT2D eigenvalue weighted by Gasteiger charge is -2.38. The van der Waals surface area contributed by atoms with E-state index in [1.54, 1.807) is 7.11 Å². The standard InChI is InChI=1S/C15H22O.C8H10O/c1-15(2)11-7-6-10-14(15)16-12-13-8-4-3-5-9-13;1-9-7-8-5-3-2-4-6-8/h3-5,8-9,14H,6-7,10-12H2,1-2H3;2-6H,7H2,1H3. The van der Waals surface area contributed by atoms with Crippen molar-refractivity contribution >= 4 is 0 Å². The van der Waals surface area contributed by atoms with Gasteiger partial charge in [0.1, 0.15) is 0 Å². The van der Waals surface area contributed by atoms with Gasteiger partial charge in [0.15, 0.2) is 0 Å². The van der Waals surface area contributed by atoms with E-state index in [0.29, 0.717) is 18.1 Å². The van der Waals surface area contributed by atoms with Crippen LogP contribution >= 0.6 is 0 Å². The topological polar surface area (TPSA) is 18.5 Å². The molecule has 0 amide bonds. The molecule has 1 aliphatic carbocycles. The summed E-state index contributed by atoms with van der Waals surface area (Å²) in [6.07, 6.45) is 5.63. The third-order valence-electron chi connectivity index (χ3n) is 4.86. The van der Waals surface area contributed by atoms with E-state index in [-0.39, 0.29) is 0 Å². The average molecular weight is 341 g/mol. The van der Waals surface area contributed by atoms with Crippen LogP contribution in [0.3, 0.4) is 0 Å². The van der Waals surface area contributed by atoms with Gasteiger partial charge in [-0.15, -0.1) is 0 Å². The van der Waals surface area contributed by atoms with Crippen LogP contribution in [-0.2, 0) is 22.7 Å². The van der Waals surface area contributed by atoms with Gasteiger partial charge >= 0.3 is 0 Å². The zero-order valence-corrected chi connectivity index (χ0v) is 15.9. The molecule has 2 aromatic rings. The van der Waals surface area contributed by atoms with Crippen molar-refractivity contribution in [3.05, 3.63) is 71.8 Å². The van der Waals surface area contributed by atoms with Crippen LogP contribution in [0.5, 0.6) is 0 Å². The Morgan fingerprint density at radius 1 is 0.840 bits per heavy atom. The van der Waals surface area contributed by atoms with Gasteiger partial charge in [0, 0.05) is 7.11 Å². The summed E-state index contributed by atoms with van der Waals surface area (Å²) in [4.78, 5) is 0. The minimum Gasteiger partial charge on any atom is -0.380 e. The van der Waals surface area contributed by atoms with E-state index in [9.17, 15) is 0 Å². The summed E-state index contributed by atoms with van der Waals surface area (Å²) in [7, 11) is 1.70. The third kappa shape index (κ3) is 7.01. The molecule has 1 atom stereocenters. The maximum Gasteiger partial charge on any atom is 0.0720 e. The van der Waals surface area contributed by atoms with E-state index >= 15 is 0 Å². The summed E-state index contributed by atoms with van der Waals surface area (Å²) < 4.78 is 11.0. The maximum absolute atomic E-state index is 6.08. The molecule has 3 rings (SSSR count). The summed E-state index contributed by atoms with van der Waals surface area (Å²) in [6.45, 7) is 6.14. The fraction of sp³-hybridized carbons (Fsp3) is 0.478. The van der Waals surface area contributed by atoms with Gasteiger partial charge in [0.25, 0.3) is 0 Å². The molecule has 0 aromatic heterocycles. The Bertz CT molecular complexity index is 578. The Labute approximate surface area is 153 Å². The molecule has 0 heterocycles. The van der Waals surface area contributed by atoms with Gasteiger partial charge in [-0.1, -0.05) is 87.4 Å². The van der Waals surface area contributed by atoms with E-state index in [0.717, 1.165) is 6.61 Å². The zero-order chi connectivity index (χ0) is 18.0. The number of ether oxygens (including phenoxy) is 2. The lowest BCUT2D eigenvalue weighted by atomic mass is 9.75. The van der Waals surface area contributed by atoms with Gasteiger partial charge < -0.3 is 9.47 Å². The first-order valence-corrected chi connectivity index (χ1v) is 9.30. The summed E-state index contributed by atoms with van der Waals surface area (Å²) >= 11 is 0. The highest BCUT2D eigenvalue weighted by molar-refractivity contribution is 5.14. The molecular weight excluding hydrogens is 308 g/mol. The Morgan fingerprint density at radius 2 is 1.40 bits per heavy atom. The molecule has 0 N–H and O–H groups in total. The average Bonchev–Trinajstić information content (AvgIpc) is 2.63. The van der Waals surface area contributed by atoms with E-state index in [1.807, 2.05) is 36.4 Å². The lowest BCUT2D eigenvalue weighted by Crippen LogP contribution is -2.34. The van der Waals surface area contributed by atoms with Gasteiger partial charge in [-0.25, -0.2) is 0 Å². The van der Waals surface area contributed by atoms with Crippen LogP contribution in [0.4, 0.5) is 0 Å². The molecule has 2 nitrogen and oxygen atoms in total. The monoisotopic (exact) mass is 340 g/mol. The molecule has 25 heavy (non-hydrogen) atoms. The Morgan fingerprint density at radius 3 is 1.92 bits per heavy atom. The van der Waals surface area contributed by atoms with Crippen molar-refractivity contribution in [2.24, 2.45) is 5.41 Å². The second-order valence-electron chi connectivity index (χ2n) is 7.44. The van der Waals surface area contributed by atoms with Crippen molar-refractivity contribution in [3.63, 3.8) is 0 Å². The molecule has 0 aliphatic heterocycles. The van der Waals surface area contributed by atoms with Crippen molar-refractivity contribution < 1.29 is 9.47 Å². The first kappa shape index (κ1) is 19.7. The number of rotatable bonds is 5. The molecule has 0 saturated heterocycles. The summed E-state index contributed by atoms with van der Waals surface area (Å²) in [5.41, 5.74) is 2.86. The van der Waals surface area contributed by atoms with Crippen LogP contribution in [-0.4, -0.2) is 13.2 Å². The Kier molecular flexibility index (Phi) is 8.17. The molecule has 0 bridgehead atoms. The highest BCUT2D eigenvalue weighted by Gasteiger charge is 2.32. The number of methoxy groups -OCH3 is 1. The first-order chi connectivity index (χ1) is 12.1. The molecule has 1 fully saturated rings. The minimum absolute atomic E-state index is 0.354. The second-order valence-corrected chi connectivity index (χ2v) is 7.44. The van der Waals surface area contributed by atoms with Gasteiger partial charge in [-0.05, 0) is 29.4 Å². The molecule has 1 saturated carbocycles. The van der Waals surface area contributed by atoms with Crippen LogP contribution in [0, 0.1) is 5.41 Å².